The molecule has 2 rings (SSSR count). The summed E-state index contributed by atoms with van der Waals surface area (Å²) in [6, 6.07) is 13.4. The molecule has 0 radical (unpaired) electrons. The zero-order valence-electron chi connectivity index (χ0n) is 12.8. The van der Waals surface area contributed by atoms with Crippen molar-refractivity contribution in [3.05, 3.63) is 59.2 Å². The molecule has 0 heterocycles. The molecule has 0 aliphatic heterocycles. The van der Waals surface area contributed by atoms with Gasteiger partial charge in [0.05, 0.1) is 10.6 Å². The largest absolute Gasteiger partial charge is 0.377 e. The second-order valence-electron chi connectivity index (χ2n) is 5.56. The Morgan fingerprint density at radius 2 is 1.57 bits per heavy atom. The van der Waals surface area contributed by atoms with Gasteiger partial charge in [0.1, 0.15) is 0 Å². The molecule has 21 heavy (non-hydrogen) atoms. The summed E-state index contributed by atoms with van der Waals surface area (Å²) in [4.78, 5) is 0.334. The monoisotopic (exact) mass is 303 g/mol. The molecule has 0 saturated heterocycles. The Morgan fingerprint density at radius 3 is 2.14 bits per heavy atom. The number of para-hydroxylation sites is 1. The number of aryl methyl sites for hydroxylation is 2. The van der Waals surface area contributed by atoms with Gasteiger partial charge in [-0.15, -0.1) is 0 Å². The first kappa shape index (κ1) is 15.6. The molecule has 0 saturated carbocycles. The summed E-state index contributed by atoms with van der Waals surface area (Å²) in [5.41, 5.74) is 4.20. The van der Waals surface area contributed by atoms with Crippen molar-refractivity contribution < 1.29 is 8.42 Å². The van der Waals surface area contributed by atoms with Gasteiger partial charge < -0.3 is 5.32 Å². The Bertz CT molecular complexity index is 731. The van der Waals surface area contributed by atoms with Crippen molar-refractivity contribution in [1.82, 2.24) is 0 Å². The van der Waals surface area contributed by atoms with Gasteiger partial charge in [-0.25, -0.2) is 8.42 Å². The molecule has 112 valence electrons. The molecule has 0 amide bonds. The van der Waals surface area contributed by atoms with Crippen LogP contribution in [0.1, 0.15) is 29.7 Å². The topological polar surface area (TPSA) is 46.2 Å². The fourth-order valence-corrected chi connectivity index (χ4v) is 3.34. The van der Waals surface area contributed by atoms with E-state index < -0.39 is 9.84 Å². The van der Waals surface area contributed by atoms with Crippen molar-refractivity contribution in [2.75, 3.05) is 11.6 Å². The SMILES string of the molecule is Cc1cc(C)cc(C(C)Nc2ccccc2S(C)(=O)=O)c1. The van der Waals surface area contributed by atoms with E-state index in [0.29, 0.717) is 10.6 Å². The lowest BCUT2D eigenvalue weighted by Gasteiger charge is -2.19. The summed E-state index contributed by atoms with van der Waals surface area (Å²) in [6.45, 7) is 6.16. The lowest BCUT2D eigenvalue weighted by atomic mass is 10.0. The fourth-order valence-electron chi connectivity index (χ4n) is 2.49. The average molecular weight is 303 g/mol. The van der Waals surface area contributed by atoms with Crippen molar-refractivity contribution >= 4 is 15.5 Å². The lowest BCUT2D eigenvalue weighted by Crippen LogP contribution is -2.10. The fraction of sp³-hybridized carbons (Fsp3) is 0.294. The third kappa shape index (κ3) is 3.85. The number of rotatable bonds is 4. The highest BCUT2D eigenvalue weighted by Gasteiger charge is 2.15. The molecule has 0 aliphatic rings. The molecule has 4 heteroatoms. The van der Waals surface area contributed by atoms with Gasteiger partial charge in [0.25, 0.3) is 0 Å². The van der Waals surface area contributed by atoms with Gasteiger partial charge in [-0.3, -0.25) is 0 Å². The second-order valence-corrected chi connectivity index (χ2v) is 7.54. The Morgan fingerprint density at radius 1 is 1.00 bits per heavy atom. The Hall–Kier alpha value is -1.81. The predicted molar refractivity (Wildman–Crippen MR) is 87.5 cm³/mol. The highest BCUT2D eigenvalue weighted by atomic mass is 32.2. The van der Waals surface area contributed by atoms with E-state index in [-0.39, 0.29) is 6.04 Å². The van der Waals surface area contributed by atoms with E-state index >= 15 is 0 Å². The van der Waals surface area contributed by atoms with Crippen molar-refractivity contribution in [1.29, 1.82) is 0 Å². The Balaban J connectivity index is 2.34. The normalized spacial score (nSPS) is 13.0. The summed E-state index contributed by atoms with van der Waals surface area (Å²) in [7, 11) is -3.24. The van der Waals surface area contributed by atoms with E-state index in [2.05, 4.69) is 37.4 Å². The van der Waals surface area contributed by atoms with Crippen LogP contribution >= 0.6 is 0 Å². The maximum atomic E-state index is 11.8. The molecule has 1 unspecified atom stereocenters. The van der Waals surface area contributed by atoms with Crippen LogP contribution in [-0.4, -0.2) is 14.7 Å². The van der Waals surface area contributed by atoms with Gasteiger partial charge >= 0.3 is 0 Å². The van der Waals surface area contributed by atoms with Crippen LogP contribution in [0.25, 0.3) is 0 Å². The minimum Gasteiger partial charge on any atom is -0.377 e. The number of hydrogen-bond donors (Lipinski definition) is 1. The van der Waals surface area contributed by atoms with Gasteiger partial charge in [0.2, 0.25) is 0 Å². The molecule has 0 fully saturated rings. The van der Waals surface area contributed by atoms with E-state index in [9.17, 15) is 8.42 Å². The van der Waals surface area contributed by atoms with E-state index in [1.54, 1.807) is 18.2 Å². The second kappa shape index (κ2) is 5.90. The molecule has 3 nitrogen and oxygen atoms in total. The smallest absolute Gasteiger partial charge is 0.177 e. The molecular weight excluding hydrogens is 282 g/mol. The van der Waals surface area contributed by atoms with Crippen molar-refractivity contribution in [2.24, 2.45) is 0 Å². The molecule has 1 N–H and O–H groups in total. The first-order valence-corrected chi connectivity index (χ1v) is 8.80. The van der Waals surface area contributed by atoms with Crippen LogP contribution in [-0.2, 0) is 9.84 Å². The molecule has 2 aromatic rings. The van der Waals surface area contributed by atoms with Crippen LogP contribution < -0.4 is 5.32 Å². The van der Waals surface area contributed by atoms with Crippen LogP contribution in [0.4, 0.5) is 5.69 Å². The third-order valence-corrected chi connectivity index (χ3v) is 4.56. The van der Waals surface area contributed by atoms with E-state index in [1.807, 2.05) is 13.0 Å². The lowest BCUT2D eigenvalue weighted by molar-refractivity contribution is 0.602. The van der Waals surface area contributed by atoms with Gasteiger partial charge in [0.15, 0.2) is 9.84 Å². The van der Waals surface area contributed by atoms with Crippen LogP contribution in [0.5, 0.6) is 0 Å². The highest BCUT2D eigenvalue weighted by Crippen LogP contribution is 2.26. The molecule has 0 spiro atoms. The Kier molecular flexibility index (Phi) is 4.37. The summed E-state index contributed by atoms with van der Waals surface area (Å²) < 4.78 is 23.7. The van der Waals surface area contributed by atoms with Crippen molar-refractivity contribution in [3.63, 3.8) is 0 Å². The number of nitrogens with one attached hydrogen (secondary N) is 1. The zero-order chi connectivity index (χ0) is 15.6. The predicted octanol–water partition coefficient (Wildman–Crippen LogP) is 3.88. The summed E-state index contributed by atoms with van der Waals surface area (Å²) in [6.07, 6.45) is 1.23. The summed E-state index contributed by atoms with van der Waals surface area (Å²) in [5.74, 6) is 0. The van der Waals surface area contributed by atoms with Crippen LogP contribution in [0.3, 0.4) is 0 Å². The first-order chi connectivity index (χ1) is 9.77. The summed E-state index contributed by atoms with van der Waals surface area (Å²) in [5, 5.41) is 3.31. The maximum absolute atomic E-state index is 11.8. The molecule has 0 aromatic heterocycles. The van der Waals surface area contributed by atoms with Gasteiger partial charge in [-0.1, -0.05) is 41.5 Å². The van der Waals surface area contributed by atoms with Crippen LogP contribution in [0.2, 0.25) is 0 Å². The average Bonchev–Trinajstić information content (AvgIpc) is 2.37. The van der Waals surface area contributed by atoms with E-state index in [0.717, 1.165) is 5.56 Å². The maximum Gasteiger partial charge on any atom is 0.177 e. The van der Waals surface area contributed by atoms with Crippen molar-refractivity contribution in [3.8, 4) is 0 Å². The summed E-state index contributed by atoms with van der Waals surface area (Å²) >= 11 is 0. The molecule has 0 bridgehead atoms. The zero-order valence-corrected chi connectivity index (χ0v) is 13.7. The minimum atomic E-state index is -3.24. The molecule has 0 aliphatic carbocycles. The minimum absolute atomic E-state index is 0.0338. The van der Waals surface area contributed by atoms with E-state index in [1.165, 1.54) is 17.4 Å². The van der Waals surface area contributed by atoms with E-state index in [4.69, 9.17) is 0 Å². The quantitative estimate of drug-likeness (QED) is 0.932. The van der Waals surface area contributed by atoms with Crippen LogP contribution in [0, 0.1) is 13.8 Å². The highest BCUT2D eigenvalue weighted by molar-refractivity contribution is 7.90. The van der Waals surface area contributed by atoms with Crippen molar-refractivity contribution in [2.45, 2.75) is 31.7 Å². The van der Waals surface area contributed by atoms with Gasteiger partial charge in [-0.05, 0) is 38.5 Å². The molecule has 2 aromatic carbocycles. The number of hydrogen-bond acceptors (Lipinski definition) is 3. The number of anilines is 1. The standard InChI is InChI=1S/C17H21NO2S/c1-12-9-13(2)11-15(10-12)14(3)18-16-7-5-6-8-17(16)21(4,19)20/h5-11,14,18H,1-4H3. The first-order valence-electron chi connectivity index (χ1n) is 6.91. The van der Waals surface area contributed by atoms with Gasteiger partial charge in [0, 0.05) is 12.3 Å². The Labute approximate surface area is 126 Å². The van der Waals surface area contributed by atoms with Gasteiger partial charge in [-0.2, -0.15) is 0 Å². The number of sulfone groups is 1. The molecule has 1 atom stereocenters. The molecular formula is C17H21NO2S. The number of benzene rings is 2. The van der Waals surface area contributed by atoms with Crippen LogP contribution in [0.15, 0.2) is 47.4 Å². The third-order valence-electron chi connectivity index (χ3n) is 3.40.